The van der Waals surface area contributed by atoms with Crippen LogP contribution in [0.4, 0.5) is 5.69 Å². The first-order chi connectivity index (χ1) is 45.8. The first-order valence-corrected chi connectivity index (χ1v) is 38.5. The van der Waals surface area contributed by atoms with Crippen molar-refractivity contribution in [2.24, 2.45) is 0 Å². The van der Waals surface area contributed by atoms with Crippen LogP contribution in [-0.4, -0.2) is 171 Å². The van der Waals surface area contributed by atoms with Crippen LogP contribution in [0.3, 0.4) is 0 Å². The predicted octanol–water partition coefficient (Wildman–Crippen LogP) is 9.00. The Balaban J connectivity index is 1.29. The van der Waals surface area contributed by atoms with Crippen LogP contribution < -0.4 is 25.5 Å². The molecule has 2 aliphatic rings. The molecular weight excluding hydrogens is 1270 g/mol. The number of nitrogens with one attached hydrogen (secondary N) is 1. The number of nitrogens with zero attached hydrogens (tertiary/aromatic N) is 6. The highest BCUT2D eigenvalue weighted by Gasteiger charge is 2.41. The van der Waals surface area contributed by atoms with Gasteiger partial charge < -0.3 is 29.9 Å². The van der Waals surface area contributed by atoms with E-state index < -0.39 is 35.2 Å². The fourth-order valence-electron chi connectivity index (χ4n) is 13.1. The van der Waals surface area contributed by atoms with Gasteiger partial charge in [-0.1, -0.05) is 86.9 Å². The molecule has 507 valence electrons. The summed E-state index contributed by atoms with van der Waals surface area (Å²) in [7, 11) is 2.64. The average molecular weight is 1360 g/mol. The van der Waals surface area contributed by atoms with Crippen LogP contribution in [0.1, 0.15) is 78.5 Å². The van der Waals surface area contributed by atoms with Gasteiger partial charge in [-0.2, -0.15) is 0 Å². The number of Topliss-reactive ketones (excluding diaryl/α,β-unsaturated/α-hetero) is 1. The number of aryl methyl sites for hydroxylation is 1. The lowest BCUT2D eigenvalue weighted by Gasteiger charge is -2.38. The summed E-state index contributed by atoms with van der Waals surface area (Å²) in [5.74, 6) is -0.0520. The third-order valence-electron chi connectivity index (χ3n) is 18.5. The summed E-state index contributed by atoms with van der Waals surface area (Å²) in [5.41, 5.74) is 13.7. The molecule has 7 aromatic carbocycles. The quantitative estimate of drug-likeness (QED) is 0.0114. The maximum Gasteiger partial charge on any atom is 0.569 e. The Morgan fingerprint density at radius 3 is 1.86 bits per heavy atom. The molecule has 4 N–H and O–H groups in total. The normalized spacial score (nSPS) is 13.7. The molecule has 1 aliphatic carbocycles. The monoisotopic (exact) mass is 1360 g/mol. The smallest absolute Gasteiger partial charge is 0.537 e. The van der Waals surface area contributed by atoms with Gasteiger partial charge >= 0.3 is 14.8 Å². The zero-order valence-electron chi connectivity index (χ0n) is 58.2. The number of allylic oxidation sites excluding steroid dienone is 6. The van der Waals surface area contributed by atoms with Crippen LogP contribution in [0.15, 0.2) is 178 Å². The molecule has 1 radical (unpaired) electrons. The van der Waals surface area contributed by atoms with E-state index in [1.165, 1.54) is 79.5 Å². The molecule has 0 spiro atoms. The van der Waals surface area contributed by atoms with E-state index in [-0.39, 0.29) is 52.3 Å². The topological polar surface area (TPSA) is 204 Å². The molecule has 22 heteroatoms. The van der Waals surface area contributed by atoms with Crippen molar-refractivity contribution in [2.45, 2.75) is 95.5 Å². The summed E-state index contributed by atoms with van der Waals surface area (Å²) in [6.07, 6.45) is 8.79. The van der Waals surface area contributed by atoms with Crippen molar-refractivity contribution in [1.82, 2.24) is 23.7 Å². The standard InChI is InChI=1S/C75H90B2N7O10S2Si/c1-49(2)70(85)23-18-19-35-83(46-56-41-60(96(92,93)82(12)13)28-33-71(56)94-76-87)48-68-62-22-17-16-21-61(62)67(47-84(36-20-34-78-75(86)50(3)4)45-55-40-59(95(90,91)81(10)11)27-32-69(55)77(88)89)63-29-24-52(42-66(63)68)53-37-51(5)38-54(39-53)74-64-30-25-57(79(6)7)43-72(64)97(14,15)73-44-58(80(8)9)26-31-65(73)74/h16-17,21-22,24-33,37-44,87-89H,1,3,18-20,23,34-36,45-48H2,2,4-15H3/p+1. The van der Waals surface area contributed by atoms with Gasteiger partial charge in [0.25, 0.3) is 0 Å². The lowest BCUT2D eigenvalue weighted by atomic mass is 9.77. The predicted molar refractivity (Wildman–Crippen MR) is 397 cm³/mol. The Labute approximate surface area is 575 Å². The van der Waals surface area contributed by atoms with E-state index >= 15 is 0 Å². The van der Waals surface area contributed by atoms with Crippen LogP contribution in [0.2, 0.25) is 13.1 Å². The number of hydrogen-bond acceptors (Lipinski definition) is 13. The fraction of sp³-hybridized carbons (Fsp3) is 0.320. The molecule has 1 aliphatic heterocycles. The van der Waals surface area contributed by atoms with Crippen LogP contribution in [0.5, 0.6) is 5.75 Å². The highest BCUT2D eigenvalue weighted by molar-refractivity contribution is 7.89. The van der Waals surface area contributed by atoms with Gasteiger partial charge in [0.1, 0.15) is 27.9 Å². The molecule has 0 saturated carbocycles. The van der Waals surface area contributed by atoms with Crippen molar-refractivity contribution >= 4 is 104 Å². The van der Waals surface area contributed by atoms with Crippen molar-refractivity contribution in [2.75, 3.05) is 80.9 Å². The van der Waals surface area contributed by atoms with E-state index in [0.29, 0.717) is 81.8 Å². The van der Waals surface area contributed by atoms with Gasteiger partial charge in [0.15, 0.2) is 11.5 Å². The third-order valence-corrected chi connectivity index (χ3v) is 25.7. The zero-order valence-corrected chi connectivity index (χ0v) is 60.9. The number of carbonyl (C=O) groups excluding carboxylic acids is 2. The number of carbonyl (C=O) groups is 2. The van der Waals surface area contributed by atoms with Crippen molar-refractivity contribution in [1.29, 1.82) is 0 Å². The Bertz CT molecular complexity index is 4630. The summed E-state index contributed by atoms with van der Waals surface area (Å²) in [6, 6.07) is 37.3. The number of ketones is 1. The van der Waals surface area contributed by atoms with Crippen LogP contribution >= 0.6 is 0 Å². The molecular formula is C75H91B2N7O10S2Si+. The van der Waals surface area contributed by atoms with Crippen LogP contribution in [0.25, 0.3) is 38.2 Å². The summed E-state index contributed by atoms with van der Waals surface area (Å²) >= 11 is 0. The number of amides is 1. The van der Waals surface area contributed by atoms with Gasteiger partial charge in [-0.05, 0) is 206 Å². The average Bonchev–Trinajstić information content (AvgIpc) is 0.712. The molecule has 0 fully saturated rings. The molecule has 0 bridgehead atoms. The van der Waals surface area contributed by atoms with Crippen molar-refractivity contribution in [3.8, 4) is 16.9 Å². The van der Waals surface area contributed by atoms with Crippen molar-refractivity contribution < 1.29 is 50.7 Å². The SMILES string of the molecule is C=C(C)C(=O)CCCCN(Cc1cc(S(=O)(=O)N(C)C)ccc1O[B]O)Cc1c2ccccc2c(CN(CCCNC(=O)C(=C)C)Cc2cc(S(=O)(=O)N(C)C)ccc2B(O)O)c2ccc(-c3cc(C)cc(C4=C5C=CC(=[N+](C)C)C=C5[Si](C)(C)c5cc(N(C)C)ccc54)c3)cc12. The highest BCUT2D eigenvalue weighted by Crippen LogP contribution is 2.44. The van der Waals surface area contributed by atoms with E-state index in [9.17, 15) is 41.5 Å². The largest absolute Gasteiger partial charge is 0.569 e. The minimum absolute atomic E-state index is 0.0122. The van der Waals surface area contributed by atoms with Crippen molar-refractivity contribution in [3.05, 3.63) is 208 Å². The molecule has 97 heavy (non-hydrogen) atoms. The fourth-order valence-corrected chi connectivity index (χ4v) is 18.1. The number of benzene rings is 7. The number of anilines is 1. The molecule has 7 aromatic rings. The Hall–Kier alpha value is -7.86. The van der Waals surface area contributed by atoms with Gasteiger partial charge in [-0.15, -0.1) is 0 Å². The molecule has 1 amide bonds. The highest BCUT2D eigenvalue weighted by atomic mass is 32.2. The molecule has 17 nitrogen and oxygen atoms in total. The third kappa shape index (κ3) is 16.2. The second kappa shape index (κ2) is 30.5. The van der Waals surface area contributed by atoms with Gasteiger partial charge in [0.2, 0.25) is 26.0 Å². The van der Waals surface area contributed by atoms with E-state index in [1.807, 2.05) is 12.1 Å². The second-order valence-corrected chi connectivity index (χ2v) is 35.5. The van der Waals surface area contributed by atoms with Gasteiger partial charge in [0.05, 0.1) is 9.79 Å². The maximum atomic E-state index is 13.8. The molecule has 0 saturated heterocycles. The first-order valence-electron chi connectivity index (χ1n) is 32.6. The van der Waals surface area contributed by atoms with Gasteiger partial charge in [0, 0.05) is 117 Å². The number of hydrogen-bond donors (Lipinski definition) is 4. The number of fused-ring (bicyclic) bond motifs is 4. The summed E-state index contributed by atoms with van der Waals surface area (Å²) < 4.78 is 65.2. The van der Waals surface area contributed by atoms with E-state index in [4.69, 9.17) is 4.65 Å². The second-order valence-electron chi connectivity index (χ2n) is 26.9. The summed E-state index contributed by atoms with van der Waals surface area (Å²) in [4.78, 5) is 32.4. The van der Waals surface area contributed by atoms with E-state index in [2.05, 4.69) is 171 Å². The minimum Gasteiger partial charge on any atom is -0.537 e. The summed E-state index contributed by atoms with van der Waals surface area (Å²) in [6.45, 7) is 20.1. The lowest BCUT2D eigenvalue weighted by Crippen LogP contribution is -2.49. The Morgan fingerprint density at radius 2 is 1.26 bits per heavy atom. The van der Waals surface area contributed by atoms with Crippen molar-refractivity contribution in [3.63, 3.8) is 0 Å². The Kier molecular flexibility index (Phi) is 23.1. The number of unbranched alkanes of at least 4 members (excludes halogenated alkanes) is 1. The first kappa shape index (κ1) is 73.4. The van der Waals surface area contributed by atoms with Gasteiger partial charge in [-0.3, -0.25) is 19.4 Å². The van der Waals surface area contributed by atoms with E-state index in [0.717, 1.165) is 74.9 Å². The van der Waals surface area contributed by atoms with Crippen LogP contribution in [-0.2, 0) is 55.8 Å². The molecule has 0 unspecified atom stereocenters. The summed E-state index contributed by atoms with van der Waals surface area (Å²) in [5, 5.41) is 41.2. The molecule has 0 atom stereocenters. The van der Waals surface area contributed by atoms with E-state index in [1.54, 1.807) is 26.0 Å². The zero-order chi connectivity index (χ0) is 70.6. The minimum atomic E-state index is -3.96. The molecule has 0 aromatic heterocycles. The molecule has 1 heterocycles. The number of sulfonamides is 2. The van der Waals surface area contributed by atoms with Crippen LogP contribution in [0, 0.1) is 6.92 Å². The Morgan fingerprint density at radius 1 is 0.660 bits per heavy atom. The lowest BCUT2D eigenvalue weighted by molar-refractivity contribution is -0.462. The van der Waals surface area contributed by atoms with Gasteiger partial charge in [-0.25, -0.2) is 30.0 Å². The maximum absolute atomic E-state index is 13.8. The number of rotatable bonds is 29. The molecule has 9 rings (SSSR count).